The van der Waals surface area contributed by atoms with Gasteiger partial charge in [0.15, 0.2) is 0 Å². The minimum atomic E-state index is -3.16. The van der Waals surface area contributed by atoms with E-state index >= 15 is 0 Å². The van der Waals surface area contributed by atoms with Crippen LogP contribution in [-0.2, 0) is 10.0 Å². The van der Waals surface area contributed by atoms with Gasteiger partial charge in [0, 0.05) is 7.05 Å². The van der Waals surface area contributed by atoms with Gasteiger partial charge < -0.3 is 0 Å². The van der Waals surface area contributed by atoms with Gasteiger partial charge in [-0.05, 0) is 11.5 Å². The first-order valence-corrected chi connectivity index (χ1v) is 7.17. The van der Waals surface area contributed by atoms with Gasteiger partial charge in [0.2, 0.25) is 10.0 Å². The number of rotatable bonds is 4. The van der Waals surface area contributed by atoms with Crippen molar-refractivity contribution in [1.29, 1.82) is 0 Å². The van der Waals surface area contributed by atoms with Crippen LogP contribution in [0, 0.1) is 5.92 Å². The van der Waals surface area contributed by atoms with Crippen molar-refractivity contribution in [2.45, 2.75) is 19.9 Å². The second-order valence-electron chi connectivity index (χ2n) is 4.38. The largest absolute Gasteiger partial charge is 0.212 e. The predicted molar refractivity (Wildman–Crippen MR) is 66.6 cm³/mol. The zero-order valence-electron chi connectivity index (χ0n) is 10.2. The molecule has 1 aromatic rings. The Bertz CT molecular complexity index is 426. The lowest BCUT2D eigenvalue weighted by atomic mass is 9.96. The molecule has 0 heterocycles. The molecule has 0 fully saturated rings. The van der Waals surface area contributed by atoms with E-state index in [-0.39, 0.29) is 12.0 Å². The first kappa shape index (κ1) is 13.2. The highest BCUT2D eigenvalue weighted by Crippen LogP contribution is 2.28. The maximum absolute atomic E-state index is 11.6. The highest BCUT2D eigenvalue weighted by molar-refractivity contribution is 7.88. The topological polar surface area (TPSA) is 37.4 Å². The molecule has 0 radical (unpaired) electrons. The van der Waals surface area contributed by atoms with E-state index in [0.29, 0.717) is 0 Å². The second-order valence-corrected chi connectivity index (χ2v) is 6.42. The molecule has 0 saturated carbocycles. The summed E-state index contributed by atoms with van der Waals surface area (Å²) in [5.41, 5.74) is 1.03. The van der Waals surface area contributed by atoms with Crippen LogP contribution in [0.25, 0.3) is 0 Å². The summed E-state index contributed by atoms with van der Waals surface area (Å²) < 4.78 is 24.6. The van der Waals surface area contributed by atoms with E-state index in [1.54, 1.807) is 7.05 Å². The van der Waals surface area contributed by atoms with Crippen LogP contribution in [0.1, 0.15) is 25.5 Å². The summed E-state index contributed by atoms with van der Waals surface area (Å²) in [6.45, 7) is 4.05. The minimum absolute atomic E-state index is 0.101. The second kappa shape index (κ2) is 4.97. The van der Waals surface area contributed by atoms with Gasteiger partial charge in [-0.1, -0.05) is 44.2 Å². The molecule has 1 atom stereocenters. The van der Waals surface area contributed by atoms with E-state index in [9.17, 15) is 8.42 Å². The lowest BCUT2D eigenvalue weighted by molar-refractivity contribution is 0.302. The molecule has 4 heteroatoms. The van der Waals surface area contributed by atoms with Gasteiger partial charge in [0.05, 0.1) is 12.3 Å². The standard InChI is InChI=1S/C12H19NO2S/c1-10(2)12(13(3)16(4,14)15)11-8-6-5-7-9-11/h5-10,12H,1-4H3/t12-/m1/s1. The number of nitrogens with zero attached hydrogens (tertiary/aromatic N) is 1. The molecule has 90 valence electrons. The molecule has 0 N–H and O–H groups in total. The third kappa shape index (κ3) is 3.06. The molecular formula is C12H19NO2S. The Kier molecular flexibility index (Phi) is 4.10. The third-order valence-electron chi connectivity index (χ3n) is 2.69. The fourth-order valence-electron chi connectivity index (χ4n) is 1.87. The molecule has 0 spiro atoms. The maximum atomic E-state index is 11.6. The Balaban J connectivity index is 3.12. The molecule has 0 unspecified atom stereocenters. The molecule has 0 aliphatic rings. The average molecular weight is 241 g/mol. The summed E-state index contributed by atoms with van der Waals surface area (Å²) in [5, 5.41) is 0. The van der Waals surface area contributed by atoms with Crippen LogP contribution in [0.5, 0.6) is 0 Å². The molecule has 0 aliphatic heterocycles. The summed E-state index contributed by atoms with van der Waals surface area (Å²) in [6.07, 6.45) is 1.24. The van der Waals surface area contributed by atoms with Crippen molar-refractivity contribution >= 4 is 10.0 Å². The summed E-state index contributed by atoms with van der Waals surface area (Å²) >= 11 is 0. The zero-order chi connectivity index (χ0) is 12.3. The van der Waals surface area contributed by atoms with Crippen LogP contribution >= 0.6 is 0 Å². The first-order valence-electron chi connectivity index (χ1n) is 5.32. The fraction of sp³-hybridized carbons (Fsp3) is 0.500. The number of benzene rings is 1. The molecule has 16 heavy (non-hydrogen) atoms. The minimum Gasteiger partial charge on any atom is -0.212 e. The molecular weight excluding hydrogens is 222 g/mol. The van der Waals surface area contributed by atoms with Crippen molar-refractivity contribution in [3.8, 4) is 0 Å². The van der Waals surface area contributed by atoms with Gasteiger partial charge in [-0.25, -0.2) is 8.42 Å². The Morgan fingerprint density at radius 3 is 2.00 bits per heavy atom. The Morgan fingerprint density at radius 2 is 1.62 bits per heavy atom. The summed E-state index contributed by atoms with van der Waals surface area (Å²) in [4.78, 5) is 0. The van der Waals surface area contributed by atoms with Crippen LogP contribution < -0.4 is 0 Å². The maximum Gasteiger partial charge on any atom is 0.211 e. The van der Waals surface area contributed by atoms with Crippen LogP contribution in [0.15, 0.2) is 30.3 Å². The third-order valence-corrected chi connectivity index (χ3v) is 3.96. The van der Waals surface area contributed by atoms with E-state index in [4.69, 9.17) is 0 Å². The number of hydrogen-bond donors (Lipinski definition) is 0. The van der Waals surface area contributed by atoms with Crippen LogP contribution in [0.2, 0.25) is 0 Å². The SMILES string of the molecule is CC(C)[C@H](c1ccccc1)N(C)S(C)(=O)=O. The first-order chi connectivity index (χ1) is 7.34. The van der Waals surface area contributed by atoms with Crippen molar-refractivity contribution in [1.82, 2.24) is 4.31 Å². The van der Waals surface area contributed by atoms with Crippen LogP contribution in [0.3, 0.4) is 0 Å². The molecule has 0 aliphatic carbocycles. The summed E-state index contributed by atoms with van der Waals surface area (Å²) in [5.74, 6) is 0.238. The Morgan fingerprint density at radius 1 is 1.12 bits per heavy atom. The van der Waals surface area contributed by atoms with Gasteiger partial charge in [0.25, 0.3) is 0 Å². The van der Waals surface area contributed by atoms with Gasteiger partial charge >= 0.3 is 0 Å². The summed E-state index contributed by atoms with van der Waals surface area (Å²) in [6, 6.07) is 9.62. The molecule has 3 nitrogen and oxygen atoms in total. The molecule has 1 rings (SSSR count). The Hall–Kier alpha value is -0.870. The van der Waals surface area contributed by atoms with Crippen molar-refractivity contribution in [3.05, 3.63) is 35.9 Å². The van der Waals surface area contributed by atoms with Crippen molar-refractivity contribution in [3.63, 3.8) is 0 Å². The van der Waals surface area contributed by atoms with Crippen LogP contribution in [-0.4, -0.2) is 26.0 Å². The van der Waals surface area contributed by atoms with E-state index in [1.165, 1.54) is 10.6 Å². The average Bonchev–Trinajstić information content (AvgIpc) is 2.17. The normalized spacial score (nSPS) is 14.4. The highest BCUT2D eigenvalue weighted by atomic mass is 32.2. The predicted octanol–water partition coefficient (Wildman–Crippen LogP) is 2.28. The van der Waals surface area contributed by atoms with Crippen LogP contribution in [0.4, 0.5) is 0 Å². The van der Waals surface area contributed by atoms with Gasteiger partial charge in [0.1, 0.15) is 0 Å². The molecule has 0 aromatic heterocycles. The fourth-order valence-corrected chi connectivity index (χ4v) is 2.65. The number of hydrogen-bond acceptors (Lipinski definition) is 2. The molecule has 1 aromatic carbocycles. The lowest BCUT2D eigenvalue weighted by Gasteiger charge is -2.29. The van der Waals surface area contributed by atoms with Gasteiger partial charge in [-0.2, -0.15) is 4.31 Å². The monoisotopic (exact) mass is 241 g/mol. The van der Waals surface area contributed by atoms with Crippen molar-refractivity contribution < 1.29 is 8.42 Å². The quantitative estimate of drug-likeness (QED) is 0.811. The molecule has 0 bridgehead atoms. The van der Waals surface area contributed by atoms with E-state index < -0.39 is 10.0 Å². The van der Waals surface area contributed by atoms with Crippen molar-refractivity contribution in [2.24, 2.45) is 5.92 Å². The van der Waals surface area contributed by atoms with E-state index in [1.807, 2.05) is 44.2 Å². The smallest absolute Gasteiger partial charge is 0.211 e. The van der Waals surface area contributed by atoms with Crippen molar-refractivity contribution in [2.75, 3.05) is 13.3 Å². The van der Waals surface area contributed by atoms with E-state index in [2.05, 4.69) is 0 Å². The molecule has 0 saturated heterocycles. The highest BCUT2D eigenvalue weighted by Gasteiger charge is 2.26. The van der Waals surface area contributed by atoms with E-state index in [0.717, 1.165) is 5.56 Å². The summed E-state index contributed by atoms with van der Waals surface area (Å²) in [7, 11) is -1.53. The van der Waals surface area contributed by atoms with Gasteiger partial charge in [-0.15, -0.1) is 0 Å². The molecule has 0 amide bonds. The zero-order valence-corrected chi connectivity index (χ0v) is 11.0. The Labute approximate surface area is 98.1 Å². The number of sulfonamides is 1. The van der Waals surface area contributed by atoms with Gasteiger partial charge in [-0.3, -0.25) is 0 Å². The lowest BCUT2D eigenvalue weighted by Crippen LogP contribution is -2.33.